The largest absolute Gasteiger partial charge is 0.353 e. The lowest BCUT2D eigenvalue weighted by molar-refractivity contribution is 0.0741. The van der Waals surface area contributed by atoms with E-state index in [9.17, 15) is 4.79 Å². The summed E-state index contributed by atoms with van der Waals surface area (Å²) in [5.74, 6) is 2.63. The molecule has 9 nitrogen and oxygen atoms in total. The standard InChI is InChI=1S/C27H28N8O/c1-17(2)26-31-24(29-20-8-7-19-16-28-33-22(19)14-20)15-25(32-26)34-9-11-35(12-10-34)27(36)23-13-18-5-3-4-6-21(18)30-23/h3-8,13-17,30H,9-12H2,1-2H3,(H,28,33)(H,29,31,32). The molecule has 5 aromatic rings. The Morgan fingerprint density at radius 1 is 0.944 bits per heavy atom. The molecule has 1 aliphatic heterocycles. The number of para-hydroxylation sites is 1. The molecular formula is C27H28N8O. The molecule has 0 radical (unpaired) electrons. The van der Waals surface area contributed by atoms with Crippen molar-refractivity contribution >= 4 is 45.0 Å². The van der Waals surface area contributed by atoms with E-state index in [4.69, 9.17) is 9.97 Å². The summed E-state index contributed by atoms with van der Waals surface area (Å²) >= 11 is 0. The molecular weight excluding hydrogens is 452 g/mol. The zero-order valence-corrected chi connectivity index (χ0v) is 20.3. The van der Waals surface area contributed by atoms with Gasteiger partial charge in [0.05, 0.1) is 11.7 Å². The van der Waals surface area contributed by atoms with Crippen molar-refractivity contribution in [2.45, 2.75) is 19.8 Å². The first-order chi connectivity index (χ1) is 17.5. The third kappa shape index (κ3) is 4.24. The molecule has 9 heteroatoms. The van der Waals surface area contributed by atoms with Gasteiger partial charge < -0.3 is 20.1 Å². The first kappa shape index (κ1) is 22.1. The van der Waals surface area contributed by atoms with Crippen LogP contribution in [0, 0.1) is 0 Å². The molecule has 182 valence electrons. The third-order valence-electron chi connectivity index (χ3n) is 6.61. The Morgan fingerprint density at radius 3 is 2.58 bits per heavy atom. The Morgan fingerprint density at radius 2 is 1.78 bits per heavy atom. The summed E-state index contributed by atoms with van der Waals surface area (Å²) < 4.78 is 0. The number of nitrogens with zero attached hydrogens (tertiary/aromatic N) is 5. The molecule has 1 saturated heterocycles. The number of rotatable bonds is 5. The van der Waals surface area contributed by atoms with E-state index in [-0.39, 0.29) is 11.8 Å². The summed E-state index contributed by atoms with van der Waals surface area (Å²) in [7, 11) is 0. The van der Waals surface area contributed by atoms with Crippen LogP contribution in [-0.4, -0.2) is 62.1 Å². The van der Waals surface area contributed by atoms with Crippen molar-refractivity contribution in [3.63, 3.8) is 0 Å². The molecule has 0 atom stereocenters. The number of anilines is 3. The van der Waals surface area contributed by atoms with Gasteiger partial charge in [-0.2, -0.15) is 5.10 Å². The Bertz CT molecular complexity index is 1510. The van der Waals surface area contributed by atoms with Gasteiger partial charge in [0.2, 0.25) is 0 Å². The predicted molar refractivity (Wildman–Crippen MR) is 142 cm³/mol. The lowest BCUT2D eigenvalue weighted by atomic mass is 10.2. The van der Waals surface area contributed by atoms with Crippen LogP contribution in [0.1, 0.15) is 36.1 Å². The maximum atomic E-state index is 13.1. The topological polar surface area (TPSA) is 106 Å². The number of piperazine rings is 1. The Labute approximate surface area is 208 Å². The highest BCUT2D eigenvalue weighted by Crippen LogP contribution is 2.26. The number of amides is 1. The average Bonchev–Trinajstić information content (AvgIpc) is 3.55. The van der Waals surface area contributed by atoms with Gasteiger partial charge >= 0.3 is 0 Å². The first-order valence-electron chi connectivity index (χ1n) is 12.2. The number of aromatic nitrogens is 5. The van der Waals surface area contributed by atoms with Gasteiger partial charge in [-0.25, -0.2) is 9.97 Å². The molecule has 6 rings (SSSR count). The highest BCUT2D eigenvalue weighted by Gasteiger charge is 2.25. The van der Waals surface area contributed by atoms with Crippen molar-refractivity contribution in [3.8, 4) is 0 Å². The number of aromatic amines is 2. The zero-order chi connectivity index (χ0) is 24.6. The highest BCUT2D eigenvalue weighted by molar-refractivity contribution is 5.98. The van der Waals surface area contributed by atoms with Crippen molar-refractivity contribution in [1.29, 1.82) is 0 Å². The second-order valence-corrected chi connectivity index (χ2v) is 9.47. The van der Waals surface area contributed by atoms with Crippen molar-refractivity contribution in [3.05, 3.63) is 72.3 Å². The number of benzene rings is 2. The van der Waals surface area contributed by atoms with Crippen LogP contribution in [-0.2, 0) is 0 Å². The zero-order valence-electron chi connectivity index (χ0n) is 20.3. The van der Waals surface area contributed by atoms with Crippen molar-refractivity contribution in [2.24, 2.45) is 0 Å². The van der Waals surface area contributed by atoms with Crippen LogP contribution in [0.15, 0.2) is 60.8 Å². The monoisotopic (exact) mass is 480 g/mol. The number of hydrogen-bond acceptors (Lipinski definition) is 6. The van der Waals surface area contributed by atoms with Crippen LogP contribution in [0.5, 0.6) is 0 Å². The van der Waals surface area contributed by atoms with Crippen molar-refractivity contribution in [1.82, 2.24) is 30.0 Å². The second kappa shape index (κ2) is 8.99. The lowest BCUT2D eigenvalue weighted by Crippen LogP contribution is -2.49. The third-order valence-corrected chi connectivity index (χ3v) is 6.61. The number of fused-ring (bicyclic) bond motifs is 2. The van der Waals surface area contributed by atoms with E-state index in [0.717, 1.165) is 45.0 Å². The summed E-state index contributed by atoms with van der Waals surface area (Å²) in [4.78, 5) is 30.1. The fraction of sp³-hybridized carbons (Fsp3) is 0.259. The SMILES string of the molecule is CC(C)c1nc(Nc2ccc3cn[nH]c3c2)cc(N2CCN(C(=O)c3cc4ccccc4[nH]3)CC2)n1. The highest BCUT2D eigenvalue weighted by atomic mass is 16.2. The molecule has 36 heavy (non-hydrogen) atoms. The number of hydrogen-bond donors (Lipinski definition) is 3. The minimum atomic E-state index is 0.0351. The van der Waals surface area contributed by atoms with E-state index >= 15 is 0 Å². The number of nitrogens with one attached hydrogen (secondary N) is 3. The van der Waals surface area contributed by atoms with Gasteiger partial charge in [-0.3, -0.25) is 9.89 Å². The molecule has 3 aromatic heterocycles. The van der Waals surface area contributed by atoms with Gasteiger partial charge in [0, 0.05) is 60.1 Å². The number of H-pyrrole nitrogens is 2. The predicted octanol–water partition coefficient (Wildman–Crippen LogP) is 4.66. The fourth-order valence-electron chi connectivity index (χ4n) is 4.60. The molecule has 1 amide bonds. The molecule has 0 bridgehead atoms. The van der Waals surface area contributed by atoms with Crippen molar-refractivity contribution < 1.29 is 4.79 Å². The molecule has 0 spiro atoms. The Kier molecular flexibility index (Phi) is 5.52. The van der Waals surface area contributed by atoms with Gasteiger partial charge in [-0.1, -0.05) is 32.0 Å². The van der Waals surface area contributed by atoms with E-state index in [1.165, 1.54) is 0 Å². The molecule has 4 heterocycles. The summed E-state index contributed by atoms with van der Waals surface area (Å²) in [6.45, 7) is 6.87. The van der Waals surface area contributed by atoms with Gasteiger partial charge in [-0.15, -0.1) is 0 Å². The van der Waals surface area contributed by atoms with E-state index in [1.54, 1.807) is 6.20 Å². The minimum absolute atomic E-state index is 0.0351. The molecule has 1 aliphatic rings. The van der Waals surface area contributed by atoms with Gasteiger partial charge in [0.1, 0.15) is 23.2 Å². The van der Waals surface area contributed by atoms with E-state index in [2.05, 4.69) is 39.2 Å². The first-order valence-corrected chi connectivity index (χ1v) is 12.2. The van der Waals surface area contributed by atoms with Gasteiger partial charge in [0.25, 0.3) is 5.91 Å². The normalized spacial score (nSPS) is 14.2. The van der Waals surface area contributed by atoms with Crippen molar-refractivity contribution in [2.75, 3.05) is 36.4 Å². The molecule has 2 aromatic carbocycles. The summed E-state index contributed by atoms with van der Waals surface area (Å²) in [5, 5.41) is 12.6. The van der Waals surface area contributed by atoms with Crippen LogP contribution in [0.2, 0.25) is 0 Å². The van der Waals surface area contributed by atoms with Gasteiger partial charge in [0.15, 0.2) is 0 Å². The van der Waals surface area contributed by atoms with E-state index in [0.29, 0.717) is 31.9 Å². The smallest absolute Gasteiger partial charge is 0.270 e. The molecule has 0 saturated carbocycles. The minimum Gasteiger partial charge on any atom is -0.353 e. The fourth-order valence-corrected chi connectivity index (χ4v) is 4.60. The van der Waals surface area contributed by atoms with Crippen LogP contribution in [0.4, 0.5) is 17.3 Å². The van der Waals surface area contributed by atoms with Crippen LogP contribution in [0.25, 0.3) is 21.8 Å². The van der Waals surface area contributed by atoms with E-state index in [1.807, 2.05) is 59.5 Å². The second-order valence-electron chi connectivity index (χ2n) is 9.47. The maximum absolute atomic E-state index is 13.1. The molecule has 0 unspecified atom stereocenters. The Balaban J connectivity index is 1.19. The summed E-state index contributed by atoms with van der Waals surface area (Å²) in [6, 6.07) is 17.9. The maximum Gasteiger partial charge on any atom is 0.270 e. The average molecular weight is 481 g/mol. The lowest BCUT2D eigenvalue weighted by Gasteiger charge is -2.35. The van der Waals surface area contributed by atoms with Gasteiger partial charge in [-0.05, 0) is 30.3 Å². The number of carbonyl (C=O) groups excluding carboxylic acids is 1. The summed E-state index contributed by atoms with van der Waals surface area (Å²) in [5.41, 5.74) is 3.51. The van der Waals surface area contributed by atoms with Crippen LogP contribution >= 0.6 is 0 Å². The van der Waals surface area contributed by atoms with Crippen LogP contribution < -0.4 is 10.2 Å². The molecule has 0 aliphatic carbocycles. The molecule has 1 fully saturated rings. The summed E-state index contributed by atoms with van der Waals surface area (Å²) in [6.07, 6.45) is 1.81. The Hall–Kier alpha value is -4.40. The van der Waals surface area contributed by atoms with Crippen LogP contribution in [0.3, 0.4) is 0 Å². The quantitative estimate of drug-likeness (QED) is 0.338. The van der Waals surface area contributed by atoms with E-state index < -0.39 is 0 Å². The molecule has 3 N–H and O–H groups in total. The number of carbonyl (C=O) groups is 1.